The van der Waals surface area contributed by atoms with Crippen molar-refractivity contribution in [2.24, 2.45) is 0 Å². The highest BCUT2D eigenvalue weighted by Gasteiger charge is 2.15. The predicted molar refractivity (Wildman–Crippen MR) is 62.7 cm³/mol. The van der Waals surface area contributed by atoms with Gasteiger partial charge in [0.1, 0.15) is 18.4 Å². The lowest BCUT2D eigenvalue weighted by Gasteiger charge is -2.12. The van der Waals surface area contributed by atoms with Crippen LogP contribution in [0.5, 0.6) is 5.75 Å². The molecule has 1 N–H and O–H groups in total. The van der Waals surface area contributed by atoms with Gasteiger partial charge in [0, 0.05) is 11.1 Å². The molecule has 0 aliphatic carbocycles. The van der Waals surface area contributed by atoms with E-state index < -0.39 is 0 Å². The van der Waals surface area contributed by atoms with Crippen molar-refractivity contribution in [2.75, 3.05) is 13.2 Å². The summed E-state index contributed by atoms with van der Waals surface area (Å²) in [6.45, 7) is 1.66. The first-order valence-electron chi connectivity index (χ1n) is 5.35. The van der Waals surface area contributed by atoms with E-state index in [1.54, 1.807) is 18.2 Å². The molecular weight excluding hydrogens is 224 g/mol. The molecule has 2 rings (SSSR count). The van der Waals surface area contributed by atoms with Gasteiger partial charge in [-0.3, -0.25) is 0 Å². The SMILES string of the molecule is N#Cc1cc(Cl)ccc1OCC1CCCN1. The van der Waals surface area contributed by atoms with Gasteiger partial charge in [0.05, 0.1) is 5.56 Å². The largest absolute Gasteiger partial charge is 0.491 e. The fourth-order valence-electron chi connectivity index (χ4n) is 1.80. The summed E-state index contributed by atoms with van der Waals surface area (Å²) in [5, 5.41) is 12.8. The average molecular weight is 237 g/mol. The molecule has 0 amide bonds. The van der Waals surface area contributed by atoms with E-state index in [-0.39, 0.29) is 0 Å². The van der Waals surface area contributed by atoms with Gasteiger partial charge in [-0.15, -0.1) is 0 Å². The molecule has 1 saturated heterocycles. The number of hydrogen-bond donors (Lipinski definition) is 1. The summed E-state index contributed by atoms with van der Waals surface area (Å²) >= 11 is 5.80. The van der Waals surface area contributed by atoms with E-state index in [0.717, 1.165) is 13.0 Å². The van der Waals surface area contributed by atoms with Crippen molar-refractivity contribution in [2.45, 2.75) is 18.9 Å². The molecule has 1 heterocycles. The lowest BCUT2D eigenvalue weighted by molar-refractivity contribution is 0.276. The lowest BCUT2D eigenvalue weighted by atomic mass is 10.2. The van der Waals surface area contributed by atoms with Crippen LogP contribution in [-0.2, 0) is 0 Å². The van der Waals surface area contributed by atoms with Gasteiger partial charge in [-0.1, -0.05) is 11.6 Å². The van der Waals surface area contributed by atoms with Gasteiger partial charge in [-0.25, -0.2) is 0 Å². The Morgan fingerprint density at radius 1 is 1.56 bits per heavy atom. The molecule has 0 spiro atoms. The Bertz CT molecular complexity index is 408. The maximum Gasteiger partial charge on any atom is 0.137 e. The Balaban J connectivity index is 2.00. The zero-order chi connectivity index (χ0) is 11.4. The van der Waals surface area contributed by atoms with Crippen LogP contribution in [0, 0.1) is 11.3 Å². The number of nitrogens with zero attached hydrogens (tertiary/aromatic N) is 1. The van der Waals surface area contributed by atoms with Crippen LogP contribution in [-0.4, -0.2) is 19.2 Å². The zero-order valence-electron chi connectivity index (χ0n) is 8.87. The van der Waals surface area contributed by atoms with Gasteiger partial charge in [-0.05, 0) is 37.6 Å². The molecule has 1 unspecified atom stereocenters. The predicted octanol–water partition coefficient (Wildman–Crippen LogP) is 2.34. The Morgan fingerprint density at radius 2 is 2.44 bits per heavy atom. The van der Waals surface area contributed by atoms with Crippen LogP contribution in [0.15, 0.2) is 18.2 Å². The van der Waals surface area contributed by atoms with Crippen LogP contribution in [0.3, 0.4) is 0 Å². The van der Waals surface area contributed by atoms with Crippen molar-refractivity contribution >= 4 is 11.6 Å². The molecule has 84 valence electrons. The van der Waals surface area contributed by atoms with Gasteiger partial charge >= 0.3 is 0 Å². The van der Waals surface area contributed by atoms with Crippen LogP contribution in [0.1, 0.15) is 18.4 Å². The van der Waals surface area contributed by atoms with E-state index in [1.165, 1.54) is 6.42 Å². The topological polar surface area (TPSA) is 45.0 Å². The van der Waals surface area contributed by atoms with Crippen molar-refractivity contribution in [3.05, 3.63) is 28.8 Å². The fraction of sp³-hybridized carbons (Fsp3) is 0.417. The third-order valence-electron chi connectivity index (χ3n) is 2.66. The smallest absolute Gasteiger partial charge is 0.137 e. The molecule has 1 aliphatic heterocycles. The third-order valence-corrected chi connectivity index (χ3v) is 2.90. The molecule has 0 radical (unpaired) electrons. The van der Waals surface area contributed by atoms with E-state index in [4.69, 9.17) is 21.6 Å². The fourth-order valence-corrected chi connectivity index (χ4v) is 1.98. The summed E-state index contributed by atoms with van der Waals surface area (Å²) < 4.78 is 5.62. The zero-order valence-corrected chi connectivity index (χ0v) is 9.63. The van der Waals surface area contributed by atoms with Gasteiger partial charge in [0.25, 0.3) is 0 Å². The summed E-state index contributed by atoms with van der Waals surface area (Å²) in [5.41, 5.74) is 0.491. The second-order valence-corrected chi connectivity index (χ2v) is 4.29. The maximum absolute atomic E-state index is 8.93. The second-order valence-electron chi connectivity index (χ2n) is 3.86. The van der Waals surface area contributed by atoms with E-state index >= 15 is 0 Å². The molecule has 0 bridgehead atoms. The average Bonchev–Trinajstić information content (AvgIpc) is 2.80. The molecule has 16 heavy (non-hydrogen) atoms. The lowest BCUT2D eigenvalue weighted by Crippen LogP contribution is -2.28. The quantitative estimate of drug-likeness (QED) is 0.876. The second kappa shape index (κ2) is 5.20. The van der Waals surface area contributed by atoms with Crippen LogP contribution < -0.4 is 10.1 Å². The minimum Gasteiger partial charge on any atom is -0.491 e. The van der Waals surface area contributed by atoms with Crippen LogP contribution in [0.25, 0.3) is 0 Å². The molecular formula is C12H13ClN2O. The number of nitrogens with one attached hydrogen (secondary N) is 1. The summed E-state index contributed by atoms with van der Waals surface area (Å²) in [6.07, 6.45) is 2.33. The Morgan fingerprint density at radius 3 is 3.12 bits per heavy atom. The van der Waals surface area contributed by atoms with Crippen molar-refractivity contribution in [1.82, 2.24) is 5.32 Å². The van der Waals surface area contributed by atoms with Gasteiger partial charge in [-0.2, -0.15) is 5.26 Å². The molecule has 1 fully saturated rings. The van der Waals surface area contributed by atoms with Gasteiger partial charge < -0.3 is 10.1 Å². The highest BCUT2D eigenvalue weighted by atomic mass is 35.5. The first-order valence-corrected chi connectivity index (χ1v) is 5.73. The molecule has 0 aromatic heterocycles. The molecule has 0 saturated carbocycles. The minimum absolute atomic E-state index is 0.405. The normalized spacial score (nSPS) is 19.4. The number of ether oxygens (including phenoxy) is 1. The molecule has 4 heteroatoms. The van der Waals surface area contributed by atoms with Gasteiger partial charge in [0.2, 0.25) is 0 Å². The number of hydrogen-bond acceptors (Lipinski definition) is 3. The summed E-state index contributed by atoms with van der Waals surface area (Å²) in [6, 6.07) is 7.59. The van der Waals surface area contributed by atoms with E-state index in [9.17, 15) is 0 Å². The van der Waals surface area contributed by atoms with Gasteiger partial charge in [0.15, 0.2) is 0 Å². The van der Waals surface area contributed by atoms with E-state index in [1.807, 2.05) is 0 Å². The molecule has 1 aliphatic rings. The van der Waals surface area contributed by atoms with Crippen molar-refractivity contribution in [3.63, 3.8) is 0 Å². The standard InChI is InChI=1S/C12H13ClN2O/c13-10-3-4-12(9(6-10)7-14)16-8-11-2-1-5-15-11/h3-4,6,11,15H,1-2,5,8H2. The Hall–Kier alpha value is -1.24. The molecule has 1 aromatic rings. The monoisotopic (exact) mass is 236 g/mol. The van der Waals surface area contributed by atoms with Crippen molar-refractivity contribution in [3.8, 4) is 11.8 Å². The number of halogens is 1. The van der Waals surface area contributed by atoms with Crippen molar-refractivity contribution < 1.29 is 4.74 Å². The number of nitriles is 1. The van der Waals surface area contributed by atoms with Crippen molar-refractivity contribution in [1.29, 1.82) is 5.26 Å². The maximum atomic E-state index is 8.93. The summed E-state index contributed by atoms with van der Waals surface area (Å²) in [7, 11) is 0. The number of benzene rings is 1. The Kier molecular flexibility index (Phi) is 3.66. The summed E-state index contributed by atoms with van der Waals surface area (Å²) in [5.74, 6) is 0.612. The first kappa shape index (κ1) is 11.3. The minimum atomic E-state index is 0.405. The highest BCUT2D eigenvalue weighted by molar-refractivity contribution is 6.30. The third kappa shape index (κ3) is 2.66. The van der Waals surface area contributed by atoms with E-state index in [0.29, 0.717) is 29.0 Å². The van der Waals surface area contributed by atoms with Crippen LogP contribution in [0.4, 0.5) is 0 Å². The molecule has 3 nitrogen and oxygen atoms in total. The highest BCUT2D eigenvalue weighted by Crippen LogP contribution is 2.22. The van der Waals surface area contributed by atoms with E-state index in [2.05, 4.69) is 11.4 Å². The summed E-state index contributed by atoms with van der Waals surface area (Å²) in [4.78, 5) is 0. The molecule has 1 atom stereocenters. The number of rotatable bonds is 3. The first-order chi connectivity index (χ1) is 7.79. The van der Waals surface area contributed by atoms with Crippen LogP contribution in [0.2, 0.25) is 5.02 Å². The van der Waals surface area contributed by atoms with Crippen LogP contribution >= 0.6 is 11.6 Å². The Labute approximate surface area is 100.0 Å². The molecule has 1 aromatic carbocycles.